The second kappa shape index (κ2) is 7.26. The van der Waals surface area contributed by atoms with Gasteiger partial charge in [-0.15, -0.1) is 0 Å². The molecule has 20 heavy (non-hydrogen) atoms. The molecule has 1 aliphatic heterocycles. The summed E-state index contributed by atoms with van der Waals surface area (Å²) in [6.07, 6.45) is 11.1. The first kappa shape index (κ1) is 16.3. The van der Waals surface area contributed by atoms with Crippen molar-refractivity contribution >= 4 is 0 Å². The van der Waals surface area contributed by atoms with Crippen LogP contribution in [-0.2, 0) is 0 Å². The maximum atomic E-state index is 6.32. The molecule has 0 radical (unpaired) electrons. The van der Waals surface area contributed by atoms with Gasteiger partial charge in [0, 0.05) is 12.1 Å². The monoisotopic (exact) mass is 280 g/mol. The summed E-state index contributed by atoms with van der Waals surface area (Å²) in [4.78, 5) is 2.81. The molecule has 4 atom stereocenters. The molecule has 118 valence electrons. The zero-order valence-electron chi connectivity index (χ0n) is 14.0. The second-order valence-corrected chi connectivity index (χ2v) is 7.54. The first-order valence-corrected chi connectivity index (χ1v) is 9.09. The van der Waals surface area contributed by atoms with Crippen LogP contribution in [-0.4, -0.2) is 30.1 Å². The molecule has 2 aliphatic rings. The van der Waals surface area contributed by atoms with Gasteiger partial charge in [0.15, 0.2) is 0 Å². The van der Waals surface area contributed by atoms with Gasteiger partial charge >= 0.3 is 0 Å². The first-order valence-electron chi connectivity index (χ1n) is 9.09. The lowest BCUT2D eigenvalue weighted by Gasteiger charge is -2.52. The maximum absolute atomic E-state index is 6.32. The first-order chi connectivity index (χ1) is 9.64. The van der Waals surface area contributed by atoms with Crippen molar-refractivity contribution in [2.75, 3.05) is 19.6 Å². The van der Waals surface area contributed by atoms with Crippen molar-refractivity contribution in [3.05, 3.63) is 0 Å². The zero-order valence-corrected chi connectivity index (χ0v) is 14.0. The van der Waals surface area contributed by atoms with Crippen LogP contribution in [0.4, 0.5) is 0 Å². The summed E-state index contributed by atoms with van der Waals surface area (Å²) in [5.74, 6) is 2.56. The Balaban J connectivity index is 2.07. The summed E-state index contributed by atoms with van der Waals surface area (Å²) >= 11 is 0. The van der Waals surface area contributed by atoms with Crippen LogP contribution in [0.3, 0.4) is 0 Å². The van der Waals surface area contributed by atoms with Crippen molar-refractivity contribution in [1.82, 2.24) is 4.90 Å². The average Bonchev–Trinajstić information content (AvgIpc) is 2.69. The van der Waals surface area contributed by atoms with Crippen molar-refractivity contribution in [3.8, 4) is 0 Å². The molecule has 0 amide bonds. The third-order valence-electron chi connectivity index (χ3n) is 6.50. The van der Waals surface area contributed by atoms with Gasteiger partial charge in [-0.2, -0.15) is 0 Å². The third-order valence-corrected chi connectivity index (χ3v) is 6.50. The Labute approximate surface area is 126 Å². The lowest BCUT2D eigenvalue weighted by atomic mass is 9.67. The molecule has 0 bridgehead atoms. The average molecular weight is 281 g/mol. The highest BCUT2D eigenvalue weighted by Crippen LogP contribution is 2.42. The molecule has 1 heterocycles. The lowest BCUT2D eigenvalue weighted by Crippen LogP contribution is -2.61. The summed E-state index contributed by atoms with van der Waals surface area (Å²) < 4.78 is 0. The van der Waals surface area contributed by atoms with Crippen LogP contribution in [0.25, 0.3) is 0 Å². The Kier molecular flexibility index (Phi) is 5.92. The Bertz CT molecular complexity index is 291. The number of likely N-dealkylation sites (tertiary alicyclic amines) is 1. The highest BCUT2D eigenvalue weighted by molar-refractivity contribution is 5.01. The van der Waals surface area contributed by atoms with Crippen LogP contribution in [0.2, 0.25) is 0 Å². The van der Waals surface area contributed by atoms with E-state index in [2.05, 4.69) is 25.7 Å². The summed E-state index contributed by atoms with van der Waals surface area (Å²) in [5.41, 5.74) is 6.63. The van der Waals surface area contributed by atoms with E-state index in [4.69, 9.17) is 5.73 Å². The van der Waals surface area contributed by atoms with Gasteiger partial charge in [-0.1, -0.05) is 46.5 Å². The fourth-order valence-electron chi connectivity index (χ4n) is 4.91. The van der Waals surface area contributed by atoms with E-state index in [1.165, 1.54) is 64.5 Å². The van der Waals surface area contributed by atoms with Crippen molar-refractivity contribution in [2.45, 2.75) is 77.7 Å². The van der Waals surface area contributed by atoms with E-state index in [0.29, 0.717) is 5.54 Å². The van der Waals surface area contributed by atoms with Gasteiger partial charge in [0.2, 0.25) is 0 Å². The summed E-state index contributed by atoms with van der Waals surface area (Å²) in [5, 5.41) is 0. The Morgan fingerprint density at radius 2 is 1.90 bits per heavy atom. The van der Waals surface area contributed by atoms with Crippen LogP contribution >= 0.6 is 0 Å². The number of rotatable bonds is 4. The molecule has 0 aromatic heterocycles. The summed E-state index contributed by atoms with van der Waals surface area (Å²) in [6.45, 7) is 10.7. The van der Waals surface area contributed by atoms with Crippen LogP contribution < -0.4 is 5.73 Å². The van der Waals surface area contributed by atoms with Gasteiger partial charge in [0.25, 0.3) is 0 Å². The third kappa shape index (κ3) is 3.22. The Morgan fingerprint density at radius 1 is 1.10 bits per heavy atom. The second-order valence-electron chi connectivity index (χ2n) is 7.54. The van der Waals surface area contributed by atoms with Gasteiger partial charge in [0.05, 0.1) is 0 Å². The van der Waals surface area contributed by atoms with Crippen molar-refractivity contribution in [2.24, 2.45) is 23.5 Å². The van der Waals surface area contributed by atoms with Crippen LogP contribution in [0.1, 0.15) is 72.1 Å². The van der Waals surface area contributed by atoms with Crippen LogP contribution in [0.5, 0.6) is 0 Å². The summed E-state index contributed by atoms with van der Waals surface area (Å²) in [7, 11) is 0. The van der Waals surface area contributed by atoms with Gasteiger partial charge < -0.3 is 5.73 Å². The van der Waals surface area contributed by atoms with Gasteiger partial charge in [-0.05, 0) is 56.5 Å². The van der Waals surface area contributed by atoms with E-state index in [-0.39, 0.29) is 0 Å². The largest absolute Gasteiger partial charge is 0.329 e. The molecule has 2 nitrogen and oxygen atoms in total. The van der Waals surface area contributed by atoms with Crippen LogP contribution in [0, 0.1) is 17.8 Å². The molecule has 1 aliphatic carbocycles. The molecule has 0 aromatic carbocycles. The normalized spacial score (nSPS) is 40.5. The standard InChI is InChI=1S/C18H36N2/c1-4-7-17-9-6-12-20(13-10-17)18(14-19)11-5-8-15(2)16(18)3/h15-17H,4-14,19H2,1-3H3. The molecule has 2 rings (SSSR count). The topological polar surface area (TPSA) is 29.3 Å². The fraction of sp³-hybridized carbons (Fsp3) is 1.00. The molecule has 2 heteroatoms. The molecule has 1 saturated heterocycles. The minimum absolute atomic E-state index is 0.304. The number of hydrogen-bond acceptors (Lipinski definition) is 2. The van der Waals surface area contributed by atoms with Crippen molar-refractivity contribution in [3.63, 3.8) is 0 Å². The fourth-order valence-corrected chi connectivity index (χ4v) is 4.91. The predicted molar refractivity (Wildman–Crippen MR) is 87.8 cm³/mol. The highest BCUT2D eigenvalue weighted by Gasteiger charge is 2.44. The molecule has 2 N–H and O–H groups in total. The minimum Gasteiger partial charge on any atom is -0.329 e. The molecular formula is C18H36N2. The summed E-state index contributed by atoms with van der Waals surface area (Å²) in [6, 6.07) is 0. The number of nitrogens with two attached hydrogens (primary N) is 1. The molecule has 0 spiro atoms. The van der Waals surface area contributed by atoms with Gasteiger partial charge in [-0.3, -0.25) is 4.90 Å². The van der Waals surface area contributed by atoms with E-state index < -0.39 is 0 Å². The van der Waals surface area contributed by atoms with E-state index in [1.54, 1.807) is 0 Å². The van der Waals surface area contributed by atoms with E-state index in [1.807, 2.05) is 0 Å². The SMILES string of the molecule is CCCC1CCCN(C2(CN)CCCC(C)C2C)CC1. The maximum Gasteiger partial charge on any atom is 0.0359 e. The molecular weight excluding hydrogens is 244 g/mol. The molecule has 1 saturated carbocycles. The van der Waals surface area contributed by atoms with E-state index >= 15 is 0 Å². The predicted octanol–water partition coefficient (Wildman–Crippen LogP) is 4.04. The Morgan fingerprint density at radius 3 is 2.60 bits per heavy atom. The van der Waals surface area contributed by atoms with E-state index in [0.717, 1.165) is 24.3 Å². The number of nitrogens with zero attached hydrogens (tertiary/aromatic N) is 1. The number of hydrogen-bond donors (Lipinski definition) is 1. The van der Waals surface area contributed by atoms with Crippen molar-refractivity contribution in [1.29, 1.82) is 0 Å². The quantitative estimate of drug-likeness (QED) is 0.842. The lowest BCUT2D eigenvalue weighted by molar-refractivity contribution is -0.00942. The Hall–Kier alpha value is -0.0800. The molecule has 4 unspecified atom stereocenters. The van der Waals surface area contributed by atoms with Gasteiger partial charge in [-0.25, -0.2) is 0 Å². The molecule has 0 aromatic rings. The highest BCUT2D eigenvalue weighted by atomic mass is 15.2. The zero-order chi connectivity index (χ0) is 14.6. The van der Waals surface area contributed by atoms with Crippen LogP contribution in [0.15, 0.2) is 0 Å². The minimum atomic E-state index is 0.304. The smallest absolute Gasteiger partial charge is 0.0359 e. The van der Waals surface area contributed by atoms with Crippen molar-refractivity contribution < 1.29 is 0 Å². The van der Waals surface area contributed by atoms with E-state index in [9.17, 15) is 0 Å². The molecule has 2 fully saturated rings. The van der Waals surface area contributed by atoms with Gasteiger partial charge in [0.1, 0.15) is 0 Å².